The van der Waals surface area contributed by atoms with Crippen molar-refractivity contribution >= 4 is 11.8 Å². The Kier molecular flexibility index (Phi) is 6.87. The second kappa shape index (κ2) is 9.13. The van der Waals surface area contributed by atoms with E-state index in [-0.39, 0.29) is 49.7 Å². The molecule has 0 aliphatic carbocycles. The molecule has 1 aromatic carbocycles. The molecule has 2 amide bonds. The molecule has 0 bridgehead atoms. The van der Waals surface area contributed by atoms with E-state index in [0.29, 0.717) is 31.5 Å². The number of rotatable bonds is 3. The Morgan fingerprint density at radius 1 is 0.969 bits per heavy atom. The number of nitrogens with zero attached hydrogens (tertiary/aromatic N) is 2. The van der Waals surface area contributed by atoms with Crippen LogP contribution in [0.5, 0.6) is 0 Å². The van der Waals surface area contributed by atoms with Crippen molar-refractivity contribution in [2.24, 2.45) is 5.92 Å². The SMILES string of the molecule is C=CC(=O)N1CCCC(C(=O)N2CCOC(c3cc(C(F)(F)F)cc(C(F)(F)F)c3)C2)C1. The summed E-state index contributed by atoms with van der Waals surface area (Å²) >= 11 is 0. The summed E-state index contributed by atoms with van der Waals surface area (Å²) in [6.45, 7) is 4.05. The minimum Gasteiger partial charge on any atom is -0.370 e. The molecule has 3 rings (SSSR count). The highest BCUT2D eigenvalue weighted by molar-refractivity contribution is 5.88. The molecule has 0 radical (unpaired) electrons. The van der Waals surface area contributed by atoms with Gasteiger partial charge in [-0.1, -0.05) is 6.58 Å². The van der Waals surface area contributed by atoms with Crippen molar-refractivity contribution in [2.75, 3.05) is 32.8 Å². The van der Waals surface area contributed by atoms with E-state index in [2.05, 4.69) is 6.58 Å². The first-order chi connectivity index (χ1) is 14.9. The van der Waals surface area contributed by atoms with Gasteiger partial charge in [0.05, 0.1) is 30.2 Å². The van der Waals surface area contributed by atoms with Gasteiger partial charge in [0.25, 0.3) is 0 Å². The van der Waals surface area contributed by atoms with Gasteiger partial charge in [-0.15, -0.1) is 0 Å². The molecule has 2 aliphatic rings. The molecule has 176 valence electrons. The van der Waals surface area contributed by atoms with Crippen LogP contribution in [0.1, 0.15) is 35.6 Å². The summed E-state index contributed by atoms with van der Waals surface area (Å²) in [5.41, 5.74) is -3.16. The molecule has 2 fully saturated rings. The normalized spacial score (nSPS) is 22.6. The van der Waals surface area contributed by atoms with Crippen LogP contribution < -0.4 is 0 Å². The summed E-state index contributed by atoms with van der Waals surface area (Å²) in [5.74, 6) is -1.10. The van der Waals surface area contributed by atoms with E-state index in [4.69, 9.17) is 4.74 Å². The molecule has 0 N–H and O–H groups in total. The molecular formula is C21H22F6N2O3. The first-order valence-corrected chi connectivity index (χ1v) is 10.0. The zero-order valence-electron chi connectivity index (χ0n) is 17.0. The van der Waals surface area contributed by atoms with Gasteiger partial charge in [-0.25, -0.2) is 0 Å². The average molecular weight is 464 g/mol. The quantitative estimate of drug-likeness (QED) is 0.501. The Morgan fingerprint density at radius 3 is 2.16 bits per heavy atom. The predicted molar refractivity (Wildman–Crippen MR) is 101 cm³/mol. The van der Waals surface area contributed by atoms with E-state index < -0.39 is 35.5 Å². The molecule has 5 nitrogen and oxygen atoms in total. The molecule has 32 heavy (non-hydrogen) atoms. The van der Waals surface area contributed by atoms with Crippen molar-refractivity contribution in [2.45, 2.75) is 31.3 Å². The van der Waals surface area contributed by atoms with Crippen molar-refractivity contribution in [1.29, 1.82) is 0 Å². The molecule has 0 saturated carbocycles. The highest BCUT2D eigenvalue weighted by Gasteiger charge is 2.39. The monoisotopic (exact) mass is 464 g/mol. The Hall–Kier alpha value is -2.56. The Labute approximate surface area is 180 Å². The fraction of sp³-hybridized carbons (Fsp3) is 0.524. The largest absolute Gasteiger partial charge is 0.416 e. The van der Waals surface area contributed by atoms with Crippen LogP contribution in [0.3, 0.4) is 0 Å². The number of piperidine rings is 1. The summed E-state index contributed by atoms with van der Waals surface area (Å²) in [4.78, 5) is 27.7. The molecule has 0 aromatic heterocycles. The summed E-state index contributed by atoms with van der Waals surface area (Å²) in [6, 6.07) is 1.31. The van der Waals surface area contributed by atoms with Gasteiger partial charge in [0, 0.05) is 19.6 Å². The second-order valence-corrected chi connectivity index (χ2v) is 7.81. The zero-order chi connectivity index (χ0) is 23.7. The number of carbonyl (C=O) groups excluding carboxylic acids is 2. The van der Waals surface area contributed by atoms with Gasteiger partial charge in [-0.05, 0) is 42.7 Å². The highest BCUT2D eigenvalue weighted by atomic mass is 19.4. The van der Waals surface area contributed by atoms with Gasteiger partial charge in [-0.3, -0.25) is 9.59 Å². The summed E-state index contributed by atoms with van der Waals surface area (Å²) in [5, 5.41) is 0. The Bertz CT molecular complexity index is 851. The number of hydrogen-bond donors (Lipinski definition) is 0. The van der Waals surface area contributed by atoms with E-state index in [0.717, 1.165) is 6.08 Å². The van der Waals surface area contributed by atoms with Crippen LogP contribution in [0.4, 0.5) is 26.3 Å². The number of morpholine rings is 1. The van der Waals surface area contributed by atoms with Crippen molar-refractivity contribution in [3.05, 3.63) is 47.5 Å². The summed E-state index contributed by atoms with van der Waals surface area (Å²) < 4.78 is 84.5. The first kappa shape index (κ1) is 24.1. The number of carbonyl (C=O) groups is 2. The molecule has 2 aliphatic heterocycles. The molecule has 2 heterocycles. The molecular weight excluding hydrogens is 442 g/mol. The fourth-order valence-electron chi connectivity index (χ4n) is 3.98. The van der Waals surface area contributed by atoms with Gasteiger partial charge in [0.1, 0.15) is 6.10 Å². The third kappa shape index (κ3) is 5.43. The van der Waals surface area contributed by atoms with E-state index in [1.165, 1.54) is 9.80 Å². The van der Waals surface area contributed by atoms with Crippen LogP contribution in [0, 0.1) is 5.92 Å². The predicted octanol–water partition coefficient (Wildman–Crippen LogP) is 4.05. The number of benzene rings is 1. The maximum Gasteiger partial charge on any atom is 0.416 e. The van der Waals surface area contributed by atoms with Gasteiger partial charge >= 0.3 is 12.4 Å². The summed E-state index contributed by atoms with van der Waals surface area (Å²) in [7, 11) is 0. The molecule has 1 aromatic rings. The van der Waals surface area contributed by atoms with Crippen molar-refractivity contribution in [3.63, 3.8) is 0 Å². The minimum atomic E-state index is -4.97. The van der Waals surface area contributed by atoms with E-state index >= 15 is 0 Å². The smallest absolute Gasteiger partial charge is 0.370 e. The minimum absolute atomic E-state index is 0.0317. The van der Waals surface area contributed by atoms with Gasteiger partial charge in [0.2, 0.25) is 11.8 Å². The number of halogens is 6. The van der Waals surface area contributed by atoms with Crippen LogP contribution in [0.25, 0.3) is 0 Å². The second-order valence-electron chi connectivity index (χ2n) is 7.81. The molecule has 11 heteroatoms. The fourth-order valence-corrected chi connectivity index (χ4v) is 3.98. The third-order valence-corrected chi connectivity index (χ3v) is 5.62. The van der Waals surface area contributed by atoms with E-state index in [1.807, 2.05) is 0 Å². The maximum atomic E-state index is 13.2. The number of ether oxygens (including phenoxy) is 1. The van der Waals surface area contributed by atoms with E-state index in [9.17, 15) is 35.9 Å². The molecule has 2 saturated heterocycles. The number of likely N-dealkylation sites (tertiary alicyclic amines) is 1. The number of hydrogen-bond acceptors (Lipinski definition) is 3. The lowest BCUT2D eigenvalue weighted by atomic mass is 9.95. The maximum absolute atomic E-state index is 13.2. The Balaban J connectivity index is 1.80. The van der Waals surface area contributed by atoms with Crippen LogP contribution in [-0.2, 0) is 26.7 Å². The van der Waals surface area contributed by atoms with Crippen molar-refractivity contribution in [1.82, 2.24) is 9.80 Å². The average Bonchev–Trinajstić information content (AvgIpc) is 2.76. The Morgan fingerprint density at radius 2 is 1.59 bits per heavy atom. The van der Waals surface area contributed by atoms with Crippen LogP contribution in [0.2, 0.25) is 0 Å². The lowest BCUT2D eigenvalue weighted by molar-refractivity contribution is -0.148. The standard InChI is InChI=1S/C21H22F6N2O3/c1-2-18(30)28-5-3-4-13(11-28)19(31)29-6-7-32-17(12-29)14-8-15(20(22,23)24)10-16(9-14)21(25,26)27/h2,8-10,13,17H,1,3-7,11-12H2. The lowest BCUT2D eigenvalue weighted by Crippen LogP contribution is -2.49. The number of alkyl halides is 6. The van der Waals surface area contributed by atoms with Crippen molar-refractivity contribution < 1.29 is 40.7 Å². The zero-order valence-corrected chi connectivity index (χ0v) is 17.0. The van der Waals surface area contributed by atoms with Gasteiger partial charge in [0.15, 0.2) is 0 Å². The van der Waals surface area contributed by atoms with Crippen LogP contribution in [-0.4, -0.2) is 54.4 Å². The topological polar surface area (TPSA) is 49.9 Å². The first-order valence-electron chi connectivity index (χ1n) is 10.0. The third-order valence-electron chi connectivity index (χ3n) is 5.62. The molecule has 2 unspecified atom stereocenters. The van der Waals surface area contributed by atoms with Gasteiger partial charge in [-0.2, -0.15) is 26.3 Å². The van der Waals surface area contributed by atoms with E-state index in [1.54, 1.807) is 0 Å². The van der Waals surface area contributed by atoms with Crippen molar-refractivity contribution in [3.8, 4) is 0 Å². The van der Waals surface area contributed by atoms with Crippen LogP contribution >= 0.6 is 0 Å². The molecule has 2 atom stereocenters. The lowest BCUT2D eigenvalue weighted by Gasteiger charge is -2.38. The number of amides is 2. The highest BCUT2D eigenvalue weighted by Crippen LogP contribution is 2.38. The van der Waals surface area contributed by atoms with Gasteiger partial charge < -0.3 is 14.5 Å². The molecule has 0 spiro atoms. The van der Waals surface area contributed by atoms with Crippen LogP contribution in [0.15, 0.2) is 30.9 Å². The summed E-state index contributed by atoms with van der Waals surface area (Å²) in [6.07, 6.45) is -8.78.